The van der Waals surface area contributed by atoms with Crippen LogP contribution < -0.4 is 5.32 Å². The highest BCUT2D eigenvalue weighted by atomic mass is 16.5. The van der Waals surface area contributed by atoms with Gasteiger partial charge in [0.2, 0.25) is 5.69 Å². The third-order valence-electron chi connectivity index (χ3n) is 2.79. The van der Waals surface area contributed by atoms with Crippen LogP contribution in [0.4, 0.5) is 10.6 Å². The normalized spacial score (nSPS) is 10.3. The lowest BCUT2D eigenvalue weighted by Gasteiger charge is -2.09. The summed E-state index contributed by atoms with van der Waals surface area (Å²) in [6, 6.07) is 9.09. The van der Waals surface area contributed by atoms with Crippen LogP contribution in [0.15, 0.2) is 30.3 Å². The minimum Gasteiger partial charge on any atom is -0.476 e. The lowest BCUT2D eigenvalue weighted by atomic mass is 10.2. The average molecular weight is 320 g/mol. The second kappa shape index (κ2) is 7.90. The van der Waals surface area contributed by atoms with Crippen molar-refractivity contribution in [2.24, 2.45) is 0 Å². The Kier molecular flexibility index (Phi) is 5.64. The van der Waals surface area contributed by atoms with E-state index in [1.165, 1.54) is 0 Å². The summed E-state index contributed by atoms with van der Waals surface area (Å²) in [7, 11) is 0. The number of hydrogen-bond donors (Lipinski definition) is 2. The molecule has 0 spiro atoms. The number of rotatable bonds is 7. The molecule has 23 heavy (non-hydrogen) atoms. The Bertz CT molecular complexity index is 671. The molecule has 0 atom stereocenters. The molecule has 0 fully saturated rings. The van der Waals surface area contributed by atoms with Gasteiger partial charge >= 0.3 is 12.1 Å². The van der Waals surface area contributed by atoms with Crippen LogP contribution in [0.2, 0.25) is 0 Å². The fraction of sp³-hybridized carbons (Fsp3) is 0.286. The van der Waals surface area contributed by atoms with Gasteiger partial charge in [0.05, 0.1) is 0 Å². The monoisotopic (exact) mass is 320 g/mol. The van der Waals surface area contributed by atoms with Crippen molar-refractivity contribution in [2.75, 3.05) is 11.9 Å². The summed E-state index contributed by atoms with van der Waals surface area (Å²) in [6.07, 6.45) is -0.809. The first-order valence-corrected chi connectivity index (χ1v) is 6.84. The van der Waals surface area contributed by atoms with Crippen molar-refractivity contribution in [3.63, 3.8) is 0 Å². The highest BCUT2D eigenvalue weighted by Crippen LogP contribution is 2.13. The van der Waals surface area contributed by atoms with Crippen LogP contribution in [0.1, 0.15) is 23.0 Å². The Balaban J connectivity index is 2.03. The topological polar surface area (TPSA) is 116 Å². The molecule has 0 saturated heterocycles. The number of amides is 1. The molecular weight excluding hydrogens is 304 g/mol. The van der Waals surface area contributed by atoms with Gasteiger partial charge in [-0.1, -0.05) is 35.5 Å². The van der Waals surface area contributed by atoms with E-state index in [1.807, 2.05) is 18.2 Å². The zero-order valence-corrected chi connectivity index (χ0v) is 12.4. The third kappa shape index (κ3) is 4.51. The SMILES string of the molecule is CCOCn1nnc(C(=O)O)c1NC(=O)OCc1ccccc1. The van der Waals surface area contributed by atoms with E-state index in [0.29, 0.717) is 6.61 Å². The molecule has 2 aromatic rings. The van der Waals surface area contributed by atoms with Crippen molar-refractivity contribution in [1.82, 2.24) is 15.0 Å². The highest BCUT2D eigenvalue weighted by molar-refractivity contribution is 5.95. The molecular formula is C14H16N4O5. The van der Waals surface area contributed by atoms with Crippen molar-refractivity contribution in [2.45, 2.75) is 20.3 Å². The summed E-state index contributed by atoms with van der Waals surface area (Å²) in [5, 5.41) is 18.6. The number of carbonyl (C=O) groups excluding carboxylic acids is 1. The molecule has 2 N–H and O–H groups in total. The minimum absolute atomic E-state index is 0.0366. The maximum absolute atomic E-state index is 11.8. The van der Waals surface area contributed by atoms with Gasteiger partial charge in [-0.2, -0.15) is 0 Å². The van der Waals surface area contributed by atoms with Crippen LogP contribution >= 0.6 is 0 Å². The van der Waals surface area contributed by atoms with E-state index in [0.717, 1.165) is 10.2 Å². The Morgan fingerprint density at radius 2 is 2.04 bits per heavy atom. The molecule has 0 aliphatic heterocycles. The molecule has 0 bridgehead atoms. The van der Waals surface area contributed by atoms with Crippen molar-refractivity contribution >= 4 is 17.9 Å². The number of aromatic nitrogens is 3. The van der Waals surface area contributed by atoms with E-state index >= 15 is 0 Å². The number of benzene rings is 1. The van der Waals surface area contributed by atoms with Crippen molar-refractivity contribution in [3.8, 4) is 0 Å². The number of aromatic carboxylic acids is 1. The summed E-state index contributed by atoms with van der Waals surface area (Å²) >= 11 is 0. The van der Waals surface area contributed by atoms with Crippen molar-refractivity contribution in [1.29, 1.82) is 0 Å². The summed E-state index contributed by atoms with van der Waals surface area (Å²) in [5.74, 6) is -1.41. The number of ether oxygens (including phenoxy) is 2. The van der Waals surface area contributed by atoms with Crippen molar-refractivity contribution in [3.05, 3.63) is 41.6 Å². The smallest absolute Gasteiger partial charge is 0.413 e. The molecule has 9 nitrogen and oxygen atoms in total. The van der Waals surface area contributed by atoms with E-state index < -0.39 is 12.1 Å². The highest BCUT2D eigenvalue weighted by Gasteiger charge is 2.21. The van der Waals surface area contributed by atoms with Gasteiger partial charge in [0.1, 0.15) is 13.3 Å². The number of hydrogen-bond acceptors (Lipinski definition) is 6. The zero-order valence-electron chi connectivity index (χ0n) is 12.4. The lowest BCUT2D eigenvalue weighted by molar-refractivity contribution is 0.0691. The van der Waals surface area contributed by atoms with Gasteiger partial charge in [-0.3, -0.25) is 5.32 Å². The molecule has 9 heteroatoms. The first kappa shape index (κ1) is 16.4. The fourth-order valence-corrected chi connectivity index (χ4v) is 1.70. The van der Waals surface area contributed by atoms with Crippen LogP contribution in [0.5, 0.6) is 0 Å². The van der Waals surface area contributed by atoms with Gasteiger partial charge in [-0.05, 0) is 12.5 Å². The first-order valence-electron chi connectivity index (χ1n) is 6.84. The summed E-state index contributed by atoms with van der Waals surface area (Å²) in [4.78, 5) is 23.0. The second-order valence-corrected chi connectivity index (χ2v) is 4.40. The van der Waals surface area contributed by atoms with Crippen molar-refractivity contribution < 1.29 is 24.2 Å². The lowest BCUT2D eigenvalue weighted by Crippen LogP contribution is -2.19. The van der Waals surface area contributed by atoms with Gasteiger partial charge in [0, 0.05) is 6.61 Å². The first-order chi connectivity index (χ1) is 11.1. The third-order valence-corrected chi connectivity index (χ3v) is 2.79. The fourth-order valence-electron chi connectivity index (χ4n) is 1.70. The molecule has 0 aliphatic rings. The van der Waals surface area contributed by atoms with E-state index in [-0.39, 0.29) is 24.8 Å². The minimum atomic E-state index is -1.31. The van der Waals surface area contributed by atoms with Crippen LogP contribution in [0.3, 0.4) is 0 Å². The van der Waals surface area contributed by atoms with Gasteiger partial charge < -0.3 is 14.6 Å². The van der Waals surface area contributed by atoms with Crippen LogP contribution in [0, 0.1) is 0 Å². The Labute approximate surface area is 131 Å². The maximum Gasteiger partial charge on any atom is 0.413 e. The average Bonchev–Trinajstić information content (AvgIpc) is 2.95. The molecule has 2 rings (SSSR count). The standard InChI is InChI=1S/C14H16N4O5/c1-2-22-9-18-12(11(13(19)20)16-17-18)15-14(21)23-8-10-6-4-3-5-7-10/h3-7H,2,8-9H2,1H3,(H,15,21)(H,19,20). The Morgan fingerprint density at radius 3 is 2.70 bits per heavy atom. The molecule has 0 aliphatic carbocycles. The van der Waals surface area contributed by atoms with Gasteiger partial charge in [0.15, 0.2) is 5.82 Å². The number of carbonyl (C=O) groups is 2. The summed E-state index contributed by atoms with van der Waals surface area (Å²) in [6.45, 7) is 2.20. The molecule has 1 aromatic carbocycles. The molecule has 0 saturated carbocycles. The predicted octanol–water partition coefficient (Wildman–Crippen LogP) is 1.72. The van der Waals surface area contributed by atoms with Crippen LogP contribution in [-0.4, -0.2) is 38.8 Å². The molecule has 122 valence electrons. The molecule has 1 aromatic heterocycles. The number of carboxylic acid groups (broad SMARTS) is 1. The summed E-state index contributed by atoms with van der Waals surface area (Å²) in [5.41, 5.74) is 0.420. The van der Waals surface area contributed by atoms with Gasteiger partial charge in [0.25, 0.3) is 0 Å². The Morgan fingerprint density at radius 1 is 1.30 bits per heavy atom. The molecule has 0 radical (unpaired) electrons. The van der Waals surface area contributed by atoms with E-state index in [1.54, 1.807) is 19.1 Å². The second-order valence-electron chi connectivity index (χ2n) is 4.40. The van der Waals surface area contributed by atoms with E-state index in [9.17, 15) is 9.59 Å². The number of anilines is 1. The van der Waals surface area contributed by atoms with Crippen LogP contribution in [-0.2, 0) is 22.8 Å². The number of carboxylic acids is 1. The molecule has 0 unspecified atom stereocenters. The summed E-state index contributed by atoms with van der Waals surface area (Å²) < 4.78 is 11.3. The molecule has 1 heterocycles. The maximum atomic E-state index is 11.8. The Hall–Kier alpha value is -2.94. The number of nitrogens with one attached hydrogen (secondary N) is 1. The van der Waals surface area contributed by atoms with Gasteiger partial charge in [-0.15, -0.1) is 5.10 Å². The molecule has 1 amide bonds. The predicted molar refractivity (Wildman–Crippen MR) is 78.9 cm³/mol. The largest absolute Gasteiger partial charge is 0.476 e. The van der Waals surface area contributed by atoms with Gasteiger partial charge in [-0.25, -0.2) is 14.3 Å². The zero-order chi connectivity index (χ0) is 16.7. The van der Waals surface area contributed by atoms with E-state index in [2.05, 4.69) is 15.6 Å². The quantitative estimate of drug-likeness (QED) is 0.798. The van der Waals surface area contributed by atoms with E-state index in [4.69, 9.17) is 14.6 Å². The van der Waals surface area contributed by atoms with Crippen LogP contribution in [0.25, 0.3) is 0 Å². The number of nitrogens with zero attached hydrogens (tertiary/aromatic N) is 3.